The fourth-order valence-electron chi connectivity index (χ4n) is 1.48. The first-order chi connectivity index (χ1) is 6.57. The summed E-state index contributed by atoms with van der Waals surface area (Å²) in [5, 5.41) is 3.07. The molecule has 76 valence electrons. The summed E-state index contributed by atoms with van der Waals surface area (Å²) in [4.78, 5) is 0. The highest BCUT2D eigenvalue weighted by molar-refractivity contribution is 7.88. The molecule has 1 aliphatic rings. The molecule has 0 atom stereocenters. The average molecular weight is 212 g/mol. The molecule has 4 nitrogen and oxygen atoms in total. The van der Waals surface area contributed by atoms with Crippen molar-refractivity contribution in [1.82, 2.24) is 4.31 Å². The van der Waals surface area contributed by atoms with Crippen molar-refractivity contribution < 1.29 is 8.42 Å². The highest BCUT2D eigenvalue weighted by atomic mass is 32.2. The molecule has 0 aromatic heterocycles. The van der Waals surface area contributed by atoms with Gasteiger partial charge in [-0.1, -0.05) is 18.2 Å². The zero-order valence-corrected chi connectivity index (χ0v) is 8.71. The number of fused-ring (bicyclic) bond motifs is 1. The molecule has 5 heteroatoms. The summed E-state index contributed by atoms with van der Waals surface area (Å²) in [6.07, 6.45) is 1.22. The minimum absolute atomic E-state index is 0.357. The number of anilines is 1. The van der Waals surface area contributed by atoms with Gasteiger partial charge in [-0.05, 0) is 11.6 Å². The summed E-state index contributed by atoms with van der Waals surface area (Å²) < 4.78 is 24.0. The molecule has 1 aromatic rings. The van der Waals surface area contributed by atoms with Gasteiger partial charge in [0.1, 0.15) is 0 Å². The van der Waals surface area contributed by atoms with E-state index >= 15 is 0 Å². The lowest BCUT2D eigenvalue weighted by Gasteiger charge is -2.27. The van der Waals surface area contributed by atoms with Crippen molar-refractivity contribution in [1.29, 1.82) is 0 Å². The number of rotatable bonds is 1. The highest BCUT2D eigenvalue weighted by Gasteiger charge is 2.21. The number of para-hydroxylation sites is 1. The van der Waals surface area contributed by atoms with Crippen molar-refractivity contribution in [3.05, 3.63) is 29.8 Å². The van der Waals surface area contributed by atoms with Gasteiger partial charge in [0, 0.05) is 12.2 Å². The third-order valence-corrected chi connectivity index (χ3v) is 3.48. The van der Waals surface area contributed by atoms with Crippen LogP contribution in [0.4, 0.5) is 5.69 Å². The van der Waals surface area contributed by atoms with E-state index in [0.29, 0.717) is 13.2 Å². The molecule has 14 heavy (non-hydrogen) atoms. The maximum Gasteiger partial charge on any atom is 0.213 e. The summed E-state index contributed by atoms with van der Waals surface area (Å²) >= 11 is 0. The predicted molar refractivity (Wildman–Crippen MR) is 55.3 cm³/mol. The van der Waals surface area contributed by atoms with E-state index in [9.17, 15) is 8.42 Å². The van der Waals surface area contributed by atoms with Gasteiger partial charge in [-0.15, -0.1) is 0 Å². The minimum Gasteiger partial charge on any atom is -0.371 e. The summed E-state index contributed by atoms with van der Waals surface area (Å²) in [6, 6.07) is 7.73. The lowest BCUT2D eigenvalue weighted by molar-refractivity contribution is 0.422. The normalized spacial score (nSPS) is 17.2. The second kappa shape index (κ2) is 3.25. The Balaban J connectivity index is 2.30. The van der Waals surface area contributed by atoms with Crippen molar-refractivity contribution in [2.24, 2.45) is 0 Å². The van der Waals surface area contributed by atoms with E-state index in [0.717, 1.165) is 11.3 Å². The lowest BCUT2D eigenvalue weighted by Crippen LogP contribution is -2.37. The number of benzene rings is 1. The van der Waals surface area contributed by atoms with Gasteiger partial charge in [-0.25, -0.2) is 8.42 Å². The van der Waals surface area contributed by atoms with Crippen LogP contribution in [0.5, 0.6) is 0 Å². The van der Waals surface area contributed by atoms with Crippen molar-refractivity contribution in [2.45, 2.75) is 6.54 Å². The molecule has 2 rings (SSSR count). The first-order valence-corrected chi connectivity index (χ1v) is 6.19. The second-order valence-electron chi connectivity index (χ2n) is 3.36. The number of nitrogens with zero attached hydrogens (tertiary/aromatic N) is 1. The molecule has 1 heterocycles. The van der Waals surface area contributed by atoms with Gasteiger partial charge in [0.15, 0.2) is 0 Å². The summed E-state index contributed by atoms with van der Waals surface area (Å²) in [6.45, 7) is 0.817. The van der Waals surface area contributed by atoms with Crippen LogP contribution in [0.3, 0.4) is 0 Å². The number of sulfonamides is 1. The van der Waals surface area contributed by atoms with Gasteiger partial charge >= 0.3 is 0 Å². The second-order valence-corrected chi connectivity index (χ2v) is 5.35. The summed E-state index contributed by atoms with van der Waals surface area (Å²) in [5.74, 6) is 0. The lowest BCUT2D eigenvalue weighted by atomic mass is 10.1. The Bertz CT molecular complexity index is 442. The maximum absolute atomic E-state index is 11.3. The molecular weight excluding hydrogens is 200 g/mol. The fourth-order valence-corrected chi connectivity index (χ4v) is 2.16. The van der Waals surface area contributed by atoms with Crippen LogP contribution < -0.4 is 5.32 Å². The maximum atomic E-state index is 11.3. The molecule has 0 fully saturated rings. The van der Waals surface area contributed by atoms with E-state index in [1.165, 1.54) is 10.6 Å². The fraction of sp³-hybridized carbons (Fsp3) is 0.333. The summed E-state index contributed by atoms with van der Waals surface area (Å²) in [5.41, 5.74) is 2.04. The van der Waals surface area contributed by atoms with Gasteiger partial charge in [-0.2, -0.15) is 4.31 Å². The largest absolute Gasteiger partial charge is 0.371 e. The zero-order valence-electron chi connectivity index (χ0n) is 7.90. The third kappa shape index (κ3) is 1.73. The quantitative estimate of drug-likeness (QED) is 0.750. The first kappa shape index (κ1) is 9.48. The van der Waals surface area contributed by atoms with E-state index in [1.54, 1.807) is 0 Å². The van der Waals surface area contributed by atoms with Crippen LogP contribution in [-0.4, -0.2) is 25.6 Å². The van der Waals surface area contributed by atoms with E-state index in [2.05, 4.69) is 5.32 Å². The third-order valence-electron chi connectivity index (χ3n) is 2.28. The molecule has 0 unspecified atom stereocenters. The Hall–Kier alpha value is -1.07. The average Bonchev–Trinajstić information content (AvgIpc) is 2.16. The Morgan fingerprint density at radius 2 is 2.07 bits per heavy atom. The van der Waals surface area contributed by atoms with Gasteiger partial charge in [0.05, 0.1) is 12.9 Å². The molecule has 0 saturated heterocycles. The molecule has 1 aromatic carbocycles. The number of hydrogen-bond acceptors (Lipinski definition) is 3. The Labute approximate surface area is 83.6 Å². The van der Waals surface area contributed by atoms with Crippen molar-refractivity contribution in [2.75, 3.05) is 18.2 Å². The molecular formula is C9H12N2O2S. The minimum atomic E-state index is -3.10. The van der Waals surface area contributed by atoms with Crippen LogP contribution in [-0.2, 0) is 16.6 Å². The number of hydrogen-bond donors (Lipinski definition) is 1. The molecule has 0 bridgehead atoms. The molecule has 0 saturated carbocycles. The highest BCUT2D eigenvalue weighted by Crippen LogP contribution is 2.22. The van der Waals surface area contributed by atoms with Gasteiger partial charge in [-0.3, -0.25) is 0 Å². The van der Waals surface area contributed by atoms with Crippen LogP contribution in [0, 0.1) is 0 Å². The smallest absolute Gasteiger partial charge is 0.213 e. The van der Waals surface area contributed by atoms with E-state index in [-0.39, 0.29) is 0 Å². The van der Waals surface area contributed by atoms with E-state index < -0.39 is 10.0 Å². The van der Waals surface area contributed by atoms with Crippen LogP contribution >= 0.6 is 0 Å². The van der Waals surface area contributed by atoms with Crippen molar-refractivity contribution in [3.63, 3.8) is 0 Å². The van der Waals surface area contributed by atoms with Crippen LogP contribution in [0.15, 0.2) is 24.3 Å². The van der Waals surface area contributed by atoms with Crippen molar-refractivity contribution in [3.8, 4) is 0 Å². The molecule has 0 radical (unpaired) electrons. The molecule has 0 spiro atoms. The van der Waals surface area contributed by atoms with Gasteiger partial charge in [0.2, 0.25) is 10.0 Å². The van der Waals surface area contributed by atoms with Gasteiger partial charge < -0.3 is 5.32 Å². The SMILES string of the molecule is CS(=O)(=O)N1CNc2ccccc2C1. The number of nitrogens with one attached hydrogen (secondary N) is 1. The van der Waals surface area contributed by atoms with Gasteiger partial charge in [0.25, 0.3) is 0 Å². The molecule has 0 aliphatic carbocycles. The monoisotopic (exact) mass is 212 g/mol. The standard InChI is InChI=1S/C9H12N2O2S/c1-14(12,13)11-6-8-4-2-3-5-9(8)10-7-11/h2-5,10H,6-7H2,1H3. The molecule has 0 amide bonds. The Kier molecular flexibility index (Phi) is 2.20. The molecule has 1 aliphatic heterocycles. The van der Waals surface area contributed by atoms with Crippen LogP contribution in [0.25, 0.3) is 0 Å². The van der Waals surface area contributed by atoms with Crippen molar-refractivity contribution >= 4 is 15.7 Å². The van der Waals surface area contributed by atoms with E-state index in [1.807, 2.05) is 24.3 Å². The molecule has 1 N–H and O–H groups in total. The van der Waals surface area contributed by atoms with E-state index in [4.69, 9.17) is 0 Å². The Morgan fingerprint density at radius 1 is 1.36 bits per heavy atom. The summed E-state index contributed by atoms with van der Waals surface area (Å²) in [7, 11) is -3.10. The topological polar surface area (TPSA) is 49.4 Å². The first-order valence-electron chi connectivity index (χ1n) is 4.34. The predicted octanol–water partition coefficient (Wildman–Crippen LogP) is 0.831. The van der Waals surface area contributed by atoms with Crippen LogP contribution in [0.1, 0.15) is 5.56 Å². The Morgan fingerprint density at radius 3 is 2.79 bits per heavy atom. The van der Waals surface area contributed by atoms with Crippen LogP contribution in [0.2, 0.25) is 0 Å². The zero-order chi connectivity index (χ0) is 10.2.